The first kappa shape index (κ1) is 11.2. The van der Waals surface area contributed by atoms with Crippen LogP contribution in [0.1, 0.15) is 6.92 Å². The minimum atomic E-state index is -0.609. The van der Waals surface area contributed by atoms with Crippen molar-refractivity contribution in [1.82, 2.24) is 9.97 Å². The van der Waals surface area contributed by atoms with Gasteiger partial charge in [-0.2, -0.15) is 4.98 Å². The third kappa shape index (κ3) is 2.79. The quantitative estimate of drug-likeness (QED) is 0.365. The van der Waals surface area contributed by atoms with Crippen molar-refractivity contribution in [2.45, 2.75) is 13.0 Å². The number of nitro groups is 1. The predicted molar refractivity (Wildman–Crippen MR) is 55.6 cm³/mol. The van der Waals surface area contributed by atoms with Crippen LogP contribution in [-0.4, -0.2) is 20.9 Å². The molecule has 0 fully saturated rings. The Hall–Kier alpha value is -1.87. The highest BCUT2D eigenvalue weighted by Crippen LogP contribution is 2.22. The van der Waals surface area contributed by atoms with Crippen LogP contribution < -0.4 is 5.32 Å². The molecule has 0 radical (unpaired) electrons. The van der Waals surface area contributed by atoms with E-state index < -0.39 is 4.92 Å². The van der Waals surface area contributed by atoms with Crippen LogP contribution in [-0.2, 0) is 0 Å². The van der Waals surface area contributed by atoms with Gasteiger partial charge in [-0.15, -0.1) is 6.42 Å². The van der Waals surface area contributed by atoms with Crippen LogP contribution in [0.3, 0.4) is 0 Å². The molecule has 0 amide bonds. The molecule has 0 saturated carbocycles. The summed E-state index contributed by atoms with van der Waals surface area (Å²) in [5.41, 5.74) is -0.262. The van der Waals surface area contributed by atoms with Gasteiger partial charge in [0.05, 0.1) is 11.0 Å². The molecule has 0 spiro atoms. The van der Waals surface area contributed by atoms with Crippen molar-refractivity contribution in [1.29, 1.82) is 0 Å². The molecule has 0 bridgehead atoms. The highest BCUT2D eigenvalue weighted by Gasteiger charge is 2.17. The molecule has 0 aliphatic carbocycles. The number of nitrogens with zero attached hydrogens (tertiary/aromatic N) is 3. The van der Waals surface area contributed by atoms with Gasteiger partial charge in [-0.05, 0) is 18.5 Å². The van der Waals surface area contributed by atoms with Gasteiger partial charge in [0, 0.05) is 0 Å². The zero-order valence-corrected chi connectivity index (χ0v) is 8.52. The van der Waals surface area contributed by atoms with E-state index in [2.05, 4.69) is 21.2 Å². The molecule has 0 aliphatic heterocycles. The van der Waals surface area contributed by atoms with Crippen molar-refractivity contribution >= 4 is 23.1 Å². The molecule has 1 atom stereocenters. The minimum Gasteiger partial charge on any atom is -0.351 e. The number of aromatic nitrogens is 2. The predicted octanol–water partition coefficient (Wildman–Crippen LogP) is 1.47. The maximum Gasteiger partial charge on any atom is 0.329 e. The van der Waals surface area contributed by atoms with Crippen molar-refractivity contribution in [3.8, 4) is 12.3 Å². The van der Waals surface area contributed by atoms with Crippen LogP contribution in [0.4, 0.5) is 11.5 Å². The molecule has 15 heavy (non-hydrogen) atoms. The summed E-state index contributed by atoms with van der Waals surface area (Å²) in [4.78, 5) is 17.2. The Bertz CT molecular complexity index is 429. The van der Waals surface area contributed by atoms with E-state index in [0.29, 0.717) is 0 Å². The minimum absolute atomic E-state index is 0.0189. The fourth-order valence-electron chi connectivity index (χ4n) is 0.841. The van der Waals surface area contributed by atoms with Gasteiger partial charge in [0.15, 0.2) is 0 Å². The standard InChI is InChI=1S/C8H7ClN4O2/c1-3-5(2)11-7-6(13(14)15)4-10-8(9)12-7/h1,4-5H,2H3,(H,10,11,12). The van der Waals surface area contributed by atoms with Crippen LogP contribution in [0, 0.1) is 22.5 Å². The summed E-state index contributed by atoms with van der Waals surface area (Å²) in [6.07, 6.45) is 6.15. The van der Waals surface area contributed by atoms with Crippen molar-refractivity contribution in [2.24, 2.45) is 0 Å². The van der Waals surface area contributed by atoms with Crippen molar-refractivity contribution in [3.63, 3.8) is 0 Å². The Balaban J connectivity index is 3.08. The third-order valence-electron chi connectivity index (χ3n) is 1.54. The average Bonchev–Trinajstić information content (AvgIpc) is 2.17. The topological polar surface area (TPSA) is 81.0 Å². The van der Waals surface area contributed by atoms with E-state index in [1.807, 2.05) is 0 Å². The average molecular weight is 227 g/mol. The molecule has 7 heteroatoms. The van der Waals surface area contributed by atoms with E-state index in [9.17, 15) is 10.1 Å². The number of rotatable bonds is 3. The molecule has 1 unspecified atom stereocenters. The highest BCUT2D eigenvalue weighted by molar-refractivity contribution is 6.28. The summed E-state index contributed by atoms with van der Waals surface area (Å²) in [7, 11) is 0. The summed E-state index contributed by atoms with van der Waals surface area (Å²) in [5, 5.41) is 13.2. The van der Waals surface area contributed by atoms with Gasteiger partial charge in [-0.1, -0.05) is 5.92 Å². The Morgan fingerprint density at radius 2 is 2.47 bits per heavy atom. The second-order valence-electron chi connectivity index (χ2n) is 2.66. The van der Waals surface area contributed by atoms with E-state index in [-0.39, 0.29) is 22.8 Å². The number of hydrogen-bond donors (Lipinski definition) is 1. The summed E-state index contributed by atoms with van der Waals surface area (Å²) >= 11 is 5.51. The molecule has 1 rings (SSSR count). The molecule has 0 aromatic carbocycles. The first-order valence-corrected chi connectivity index (χ1v) is 4.32. The van der Waals surface area contributed by atoms with Gasteiger partial charge in [0.25, 0.3) is 0 Å². The molecular weight excluding hydrogens is 220 g/mol. The fourth-order valence-corrected chi connectivity index (χ4v) is 0.974. The van der Waals surface area contributed by atoms with Gasteiger partial charge in [0.1, 0.15) is 6.20 Å². The Morgan fingerprint density at radius 3 is 3.00 bits per heavy atom. The van der Waals surface area contributed by atoms with Crippen LogP contribution in [0.5, 0.6) is 0 Å². The van der Waals surface area contributed by atoms with Crippen LogP contribution in [0.2, 0.25) is 5.28 Å². The number of anilines is 1. The largest absolute Gasteiger partial charge is 0.351 e. The SMILES string of the molecule is C#CC(C)Nc1nc(Cl)ncc1[N+](=O)[O-]. The second-order valence-corrected chi connectivity index (χ2v) is 3.00. The molecule has 1 aromatic rings. The summed E-state index contributed by atoms with van der Waals surface area (Å²) in [6, 6.07) is -0.380. The van der Waals surface area contributed by atoms with E-state index >= 15 is 0 Å². The Labute approximate surface area is 90.8 Å². The number of halogens is 1. The molecule has 0 aliphatic rings. The van der Waals surface area contributed by atoms with Crippen molar-refractivity contribution in [3.05, 3.63) is 21.6 Å². The monoisotopic (exact) mass is 226 g/mol. The lowest BCUT2D eigenvalue weighted by atomic mass is 10.3. The van der Waals surface area contributed by atoms with Crippen LogP contribution in [0.25, 0.3) is 0 Å². The molecule has 1 aromatic heterocycles. The Morgan fingerprint density at radius 1 is 1.80 bits per heavy atom. The molecule has 78 valence electrons. The van der Waals surface area contributed by atoms with Gasteiger partial charge in [-0.25, -0.2) is 4.98 Å². The normalized spacial score (nSPS) is 11.5. The van der Waals surface area contributed by atoms with E-state index in [1.54, 1.807) is 6.92 Å². The van der Waals surface area contributed by atoms with Crippen molar-refractivity contribution < 1.29 is 4.92 Å². The summed E-state index contributed by atoms with van der Waals surface area (Å²) < 4.78 is 0. The maximum atomic E-state index is 10.6. The molecule has 0 saturated heterocycles. The first-order chi connectivity index (χ1) is 7.04. The van der Waals surface area contributed by atoms with E-state index in [0.717, 1.165) is 6.20 Å². The third-order valence-corrected chi connectivity index (χ3v) is 1.72. The lowest BCUT2D eigenvalue weighted by Gasteiger charge is -2.07. The number of terminal acetylenes is 1. The lowest BCUT2D eigenvalue weighted by molar-refractivity contribution is -0.384. The molecular formula is C8H7ClN4O2. The zero-order chi connectivity index (χ0) is 11.4. The van der Waals surface area contributed by atoms with Gasteiger partial charge in [0.2, 0.25) is 11.1 Å². The summed E-state index contributed by atoms with van der Waals surface area (Å²) in [5.74, 6) is 2.38. The lowest BCUT2D eigenvalue weighted by Crippen LogP contribution is -2.15. The number of hydrogen-bond acceptors (Lipinski definition) is 5. The molecule has 6 nitrogen and oxygen atoms in total. The smallest absolute Gasteiger partial charge is 0.329 e. The number of nitrogens with one attached hydrogen (secondary N) is 1. The highest BCUT2D eigenvalue weighted by atomic mass is 35.5. The van der Waals surface area contributed by atoms with Gasteiger partial charge in [-0.3, -0.25) is 10.1 Å². The maximum absolute atomic E-state index is 10.6. The van der Waals surface area contributed by atoms with Gasteiger partial charge < -0.3 is 5.32 Å². The van der Waals surface area contributed by atoms with Gasteiger partial charge >= 0.3 is 5.69 Å². The van der Waals surface area contributed by atoms with E-state index in [4.69, 9.17) is 18.0 Å². The summed E-state index contributed by atoms with van der Waals surface area (Å²) in [6.45, 7) is 1.67. The van der Waals surface area contributed by atoms with E-state index in [1.165, 1.54) is 0 Å². The van der Waals surface area contributed by atoms with Crippen LogP contribution >= 0.6 is 11.6 Å². The first-order valence-electron chi connectivity index (χ1n) is 3.94. The Kier molecular flexibility index (Phi) is 3.42. The second kappa shape index (κ2) is 4.57. The fraction of sp³-hybridized carbons (Fsp3) is 0.250. The van der Waals surface area contributed by atoms with Crippen molar-refractivity contribution in [2.75, 3.05) is 5.32 Å². The van der Waals surface area contributed by atoms with Crippen LogP contribution in [0.15, 0.2) is 6.20 Å². The zero-order valence-electron chi connectivity index (χ0n) is 7.77. The molecule has 1 heterocycles. The molecule has 1 N–H and O–H groups in total.